The van der Waals surface area contributed by atoms with Crippen LogP contribution in [0.3, 0.4) is 0 Å². The van der Waals surface area contributed by atoms with Gasteiger partial charge in [-0.05, 0) is 25.5 Å². The van der Waals surface area contributed by atoms with Crippen molar-refractivity contribution in [1.82, 2.24) is 10.2 Å². The van der Waals surface area contributed by atoms with Gasteiger partial charge in [-0.25, -0.2) is 4.79 Å². The molecule has 0 aliphatic heterocycles. The SMILES string of the molecule is CCN(C)C(=O)NC(C)c1ccccc1N. The fourth-order valence-corrected chi connectivity index (χ4v) is 1.42. The van der Waals surface area contributed by atoms with Gasteiger partial charge < -0.3 is 16.0 Å². The van der Waals surface area contributed by atoms with Crippen molar-refractivity contribution in [3.05, 3.63) is 29.8 Å². The predicted octanol–water partition coefficient (Wildman–Crippen LogP) is 1.99. The maximum Gasteiger partial charge on any atom is 0.317 e. The summed E-state index contributed by atoms with van der Waals surface area (Å²) in [5, 5.41) is 2.89. The third kappa shape index (κ3) is 2.89. The number of nitrogens with one attached hydrogen (secondary N) is 1. The Morgan fingerprint density at radius 3 is 2.69 bits per heavy atom. The first-order valence-electron chi connectivity index (χ1n) is 5.42. The smallest absolute Gasteiger partial charge is 0.317 e. The second-order valence-electron chi connectivity index (χ2n) is 3.81. The number of carbonyl (C=O) groups excluding carboxylic acids is 1. The maximum absolute atomic E-state index is 11.6. The zero-order valence-electron chi connectivity index (χ0n) is 10.0. The van der Waals surface area contributed by atoms with E-state index in [0.29, 0.717) is 12.2 Å². The molecule has 0 aromatic heterocycles. The summed E-state index contributed by atoms with van der Waals surface area (Å²) in [6, 6.07) is 7.39. The number of nitrogens with zero attached hydrogens (tertiary/aromatic N) is 1. The van der Waals surface area contributed by atoms with E-state index in [-0.39, 0.29) is 12.1 Å². The van der Waals surface area contributed by atoms with E-state index in [2.05, 4.69) is 5.32 Å². The summed E-state index contributed by atoms with van der Waals surface area (Å²) >= 11 is 0. The van der Waals surface area contributed by atoms with Gasteiger partial charge in [0.2, 0.25) is 0 Å². The molecule has 0 spiro atoms. The molecule has 1 atom stereocenters. The molecule has 3 N–H and O–H groups in total. The Labute approximate surface area is 96.4 Å². The van der Waals surface area contributed by atoms with Crippen molar-refractivity contribution in [2.45, 2.75) is 19.9 Å². The number of nitrogen functional groups attached to an aromatic ring is 1. The zero-order chi connectivity index (χ0) is 12.1. The molecule has 0 bridgehead atoms. The van der Waals surface area contributed by atoms with Gasteiger partial charge in [0.1, 0.15) is 0 Å². The number of urea groups is 1. The molecule has 0 aliphatic rings. The number of para-hydroxylation sites is 1. The number of amides is 2. The highest BCUT2D eigenvalue weighted by Gasteiger charge is 2.13. The first kappa shape index (κ1) is 12.4. The van der Waals surface area contributed by atoms with Crippen LogP contribution in [0.1, 0.15) is 25.5 Å². The Balaban J connectivity index is 2.69. The lowest BCUT2D eigenvalue weighted by atomic mass is 10.1. The minimum Gasteiger partial charge on any atom is -0.398 e. The first-order valence-corrected chi connectivity index (χ1v) is 5.42. The Morgan fingerprint density at radius 1 is 1.50 bits per heavy atom. The number of nitrogens with two attached hydrogens (primary N) is 1. The molecule has 16 heavy (non-hydrogen) atoms. The summed E-state index contributed by atoms with van der Waals surface area (Å²) in [7, 11) is 1.76. The average molecular weight is 221 g/mol. The molecule has 0 aliphatic carbocycles. The molecule has 1 aromatic rings. The van der Waals surface area contributed by atoms with Gasteiger partial charge in [-0.2, -0.15) is 0 Å². The summed E-state index contributed by atoms with van der Waals surface area (Å²) in [5.41, 5.74) is 7.49. The number of benzene rings is 1. The lowest BCUT2D eigenvalue weighted by Crippen LogP contribution is -2.38. The second kappa shape index (κ2) is 5.39. The highest BCUT2D eigenvalue weighted by molar-refractivity contribution is 5.74. The van der Waals surface area contributed by atoms with Gasteiger partial charge >= 0.3 is 6.03 Å². The van der Waals surface area contributed by atoms with E-state index in [1.54, 1.807) is 11.9 Å². The summed E-state index contributed by atoms with van der Waals surface area (Å²) in [5.74, 6) is 0. The van der Waals surface area contributed by atoms with Crippen molar-refractivity contribution < 1.29 is 4.79 Å². The Hall–Kier alpha value is -1.71. The molecule has 1 unspecified atom stereocenters. The summed E-state index contributed by atoms with van der Waals surface area (Å²) in [6.45, 7) is 4.54. The number of anilines is 1. The normalized spacial score (nSPS) is 11.9. The summed E-state index contributed by atoms with van der Waals surface area (Å²) in [6.07, 6.45) is 0. The lowest BCUT2D eigenvalue weighted by Gasteiger charge is -2.21. The largest absolute Gasteiger partial charge is 0.398 e. The minimum atomic E-state index is -0.0850. The molecule has 0 radical (unpaired) electrons. The Bertz CT molecular complexity index is 365. The van der Waals surface area contributed by atoms with Gasteiger partial charge in [0, 0.05) is 19.3 Å². The molecule has 2 amide bonds. The fraction of sp³-hybridized carbons (Fsp3) is 0.417. The van der Waals surface area contributed by atoms with E-state index in [1.165, 1.54) is 0 Å². The minimum absolute atomic E-state index is 0.0808. The molecule has 0 fully saturated rings. The van der Waals surface area contributed by atoms with Crippen LogP contribution in [0, 0.1) is 0 Å². The number of hydrogen-bond acceptors (Lipinski definition) is 2. The number of carbonyl (C=O) groups is 1. The van der Waals surface area contributed by atoms with Crippen LogP contribution in [0.25, 0.3) is 0 Å². The predicted molar refractivity (Wildman–Crippen MR) is 66.1 cm³/mol. The van der Waals surface area contributed by atoms with Crippen LogP contribution in [0.5, 0.6) is 0 Å². The van der Waals surface area contributed by atoms with Gasteiger partial charge in [0.15, 0.2) is 0 Å². The third-order valence-electron chi connectivity index (χ3n) is 2.62. The van der Waals surface area contributed by atoms with E-state index in [4.69, 9.17) is 5.73 Å². The van der Waals surface area contributed by atoms with E-state index in [1.807, 2.05) is 38.1 Å². The van der Waals surface area contributed by atoms with E-state index >= 15 is 0 Å². The quantitative estimate of drug-likeness (QED) is 0.767. The topological polar surface area (TPSA) is 58.4 Å². The van der Waals surface area contributed by atoms with Crippen molar-refractivity contribution in [2.75, 3.05) is 19.3 Å². The average Bonchev–Trinajstić information content (AvgIpc) is 2.28. The van der Waals surface area contributed by atoms with Gasteiger partial charge in [-0.1, -0.05) is 18.2 Å². The molecule has 1 aromatic carbocycles. The van der Waals surface area contributed by atoms with Gasteiger partial charge in [0.25, 0.3) is 0 Å². The molecule has 4 heteroatoms. The fourth-order valence-electron chi connectivity index (χ4n) is 1.42. The Kier molecular flexibility index (Phi) is 4.17. The van der Waals surface area contributed by atoms with E-state index < -0.39 is 0 Å². The zero-order valence-corrected chi connectivity index (χ0v) is 10.0. The van der Waals surface area contributed by atoms with Crippen molar-refractivity contribution in [3.8, 4) is 0 Å². The molecular weight excluding hydrogens is 202 g/mol. The standard InChI is InChI=1S/C12H19N3O/c1-4-15(3)12(16)14-9(2)10-7-5-6-8-11(10)13/h5-9H,4,13H2,1-3H3,(H,14,16). The van der Waals surface area contributed by atoms with Crippen LogP contribution >= 0.6 is 0 Å². The van der Waals surface area contributed by atoms with E-state index in [9.17, 15) is 4.79 Å². The van der Waals surface area contributed by atoms with E-state index in [0.717, 1.165) is 5.56 Å². The maximum atomic E-state index is 11.6. The highest BCUT2D eigenvalue weighted by atomic mass is 16.2. The molecule has 0 saturated heterocycles. The monoisotopic (exact) mass is 221 g/mol. The van der Waals surface area contributed by atoms with Crippen molar-refractivity contribution in [1.29, 1.82) is 0 Å². The van der Waals surface area contributed by atoms with Crippen molar-refractivity contribution in [3.63, 3.8) is 0 Å². The van der Waals surface area contributed by atoms with Gasteiger partial charge in [-0.15, -0.1) is 0 Å². The van der Waals surface area contributed by atoms with Crippen LogP contribution in [0.15, 0.2) is 24.3 Å². The molecular formula is C12H19N3O. The molecule has 0 saturated carbocycles. The van der Waals surface area contributed by atoms with Crippen LogP contribution in [0.4, 0.5) is 10.5 Å². The first-order chi connectivity index (χ1) is 7.56. The third-order valence-corrected chi connectivity index (χ3v) is 2.62. The van der Waals surface area contributed by atoms with Crippen LogP contribution in [-0.2, 0) is 0 Å². The number of hydrogen-bond donors (Lipinski definition) is 2. The van der Waals surface area contributed by atoms with Gasteiger partial charge in [0.05, 0.1) is 6.04 Å². The van der Waals surface area contributed by atoms with Crippen LogP contribution < -0.4 is 11.1 Å². The summed E-state index contributed by atoms with van der Waals surface area (Å²) in [4.78, 5) is 13.3. The van der Waals surface area contributed by atoms with Crippen LogP contribution in [-0.4, -0.2) is 24.5 Å². The van der Waals surface area contributed by atoms with Crippen molar-refractivity contribution >= 4 is 11.7 Å². The molecule has 4 nitrogen and oxygen atoms in total. The lowest BCUT2D eigenvalue weighted by molar-refractivity contribution is 0.208. The number of rotatable bonds is 3. The highest BCUT2D eigenvalue weighted by Crippen LogP contribution is 2.19. The summed E-state index contributed by atoms with van der Waals surface area (Å²) < 4.78 is 0. The van der Waals surface area contributed by atoms with Crippen LogP contribution in [0.2, 0.25) is 0 Å². The molecule has 1 rings (SSSR count). The Morgan fingerprint density at radius 2 is 2.12 bits per heavy atom. The molecule has 0 heterocycles. The van der Waals surface area contributed by atoms with Crippen molar-refractivity contribution in [2.24, 2.45) is 0 Å². The molecule has 88 valence electrons. The second-order valence-corrected chi connectivity index (χ2v) is 3.81. The van der Waals surface area contributed by atoms with Gasteiger partial charge in [-0.3, -0.25) is 0 Å².